The fourth-order valence-electron chi connectivity index (χ4n) is 1.57. The number of carbonyl (C=O) groups is 1. The van der Waals surface area contributed by atoms with Gasteiger partial charge >= 0.3 is 5.97 Å². The van der Waals surface area contributed by atoms with Crippen molar-refractivity contribution in [3.63, 3.8) is 0 Å². The highest BCUT2D eigenvalue weighted by Crippen LogP contribution is 2.24. The van der Waals surface area contributed by atoms with Gasteiger partial charge in [0, 0.05) is 5.56 Å². The number of benzene rings is 2. The molecule has 2 N–H and O–H groups in total. The van der Waals surface area contributed by atoms with Crippen LogP contribution in [0.1, 0.15) is 15.9 Å². The van der Waals surface area contributed by atoms with E-state index in [-0.39, 0.29) is 27.9 Å². The van der Waals surface area contributed by atoms with Crippen LogP contribution in [0.5, 0.6) is 0 Å². The molecule has 0 heterocycles. The van der Waals surface area contributed by atoms with Crippen LogP contribution in [0.15, 0.2) is 36.4 Å². The molecule has 0 spiro atoms. The highest BCUT2D eigenvalue weighted by Gasteiger charge is 2.14. The van der Waals surface area contributed by atoms with Crippen molar-refractivity contribution in [3.8, 4) is 0 Å². The van der Waals surface area contributed by atoms with Crippen LogP contribution in [0.4, 0.5) is 10.1 Å². The molecule has 3 nitrogen and oxygen atoms in total. The molecule has 104 valence electrons. The summed E-state index contributed by atoms with van der Waals surface area (Å²) < 4.78 is 18.0. The van der Waals surface area contributed by atoms with E-state index in [0.717, 1.165) is 6.07 Å². The van der Waals surface area contributed by atoms with Crippen molar-refractivity contribution in [3.05, 3.63) is 63.4 Å². The molecule has 0 fully saturated rings. The quantitative estimate of drug-likeness (QED) is 0.686. The molecule has 0 aliphatic carbocycles. The van der Waals surface area contributed by atoms with Crippen LogP contribution >= 0.6 is 23.2 Å². The highest BCUT2D eigenvalue weighted by atomic mass is 35.5. The van der Waals surface area contributed by atoms with Gasteiger partial charge in [-0.2, -0.15) is 0 Å². The Morgan fingerprint density at radius 2 is 1.95 bits per heavy atom. The summed E-state index contributed by atoms with van der Waals surface area (Å²) in [5, 5.41) is 0.469. The Bertz CT molecular complexity index is 662. The van der Waals surface area contributed by atoms with Crippen molar-refractivity contribution >= 4 is 34.9 Å². The Balaban J connectivity index is 2.11. The molecule has 6 heteroatoms. The molecule has 2 aromatic carbocycles. The SMILES string of the molecule is Nc1c(Cl)cccc1C(=O)OCc1ccc(F)cc1Cl. The van der Waals surface area contributed by atoms with E-state index >= 15 is 0 Å². The van der Waals surface area contributed by atoms with Gasteiger partial charge in [0.15, 0.2) is 0 Å². The van der Waals surface area contributed by atoms with Gasteiger partial charge in [-0.15, -0.1) is 0 Å². The van der Waals surface area contributed by atoms with Crippen molar-refractivity contribution in [2.24, 2.45) is 0 Å². The molecular formula is C14H10Cl2FNO2. The summed E-state index contributed by atoms with van der Waals surface area (Å²) in [4.78, 5) is 11.9. The molecule has 0 aromatic heterocycles. The summed E-state index contributed by atoms with van der Waals surface area (Å²) in [6.07, 6.45) is 0. The number of halogens is 3. The first-order valence-electron chi connectivity index (χ1n) is 5.64. The van der Waals surface area contributed by atoms with Gasteiger partial charge in [0.25, 0.3) is 0 Å². The number of para-hydroxylation sites is 1. The summed E-state index contributed by atoms with van der Waals surface area (Å²) in [6.45, 7) is -0.0795. The lowest BCUT2D eigenvalue weighted by atomic mass is 10.2. The third kappa shape index (κ3) is 3.21. The molecule has 0 unspecified atom stereocenters. The molecule has 0 aliphatic heterocycles. The Labute approximate surface area is 125 Å². The summed E-state index contributed by atoms with van der Waals surface area (Å²) >= 11 is 11.7. The van der Waals surface area contributed by atoms with E-state index in [0.29, 0.717) is 5.56 Å². The van der Waals surface area contributed by atoms with Crippen molar-refractivity contribution in [2.75, 3.05) is 5.73 Å². The number of nitrogens with two attached hydrogens (primary N) is 1. The van der Waals surface area contributed by atoms with E-state index in [9.17, 15) is 9.18 Å². The predicted molar refractivity (Wildman–Crippen MR) is 76.4 cm³/mol. The van der Waals surface area contributed by atoms with Gasteiger partial charge in [0.2, 0.25) is 0 Å². The maximum absolute atomic E-state index is 12.9. The van der Waals surface area contributed by atoms with Crippen LogP contribution < -0.4 is 5.73 Å². The monoisotopic (exact) mass is 313 g/mol. The van der Waals surface area contributed by atoms with Crippen LogP contribution in [0.2, 0.25) is 10.0 Å². The maximum atomic E-state index is 12.9. The zero-order valence-electron chi connectivity index (χ0n) is 10.2. The van der Waals surface area contributed by atoms with Gasteiger partial charge < -0.3 is 10.5 Å². The minimum Gasteiger partial charge on any atom is -0.457 e. The molecule has 0 aliphatic rings. The van der Waals surface area contributed by atoms with Gasteiger partial charge in [0.1, 0.15) is 12.4 Å². The molecule has 2 aromatic rings. The number of hydrogen-bond donors (Lipinski definition) is 1. The first-order valence-corrected chi connectivity index (χ1v) is 6.39. The summed E-state index contributed by atoms with van der Waals surface area (Å²) in [7, 11) is 0. The number of rotatable bonds is 3. The topological polar surface area (TPSA) is 52.3 Å². The van der Waals surface area contributed by atoms with Gasteiger partial charge in [-0.1, -0.05) is 35.3 Å². The first-order chi connectivity index (χ1) is 9.49. The Morgan fingerprint density at radius 3 is 2.65 bits per heavy atom. The number of ether oxygens (including phenoxy) is 1. The molecule has 0 amide bonds. The van der Waals surface area contributed by atoms with E-state index in [2.05, 4.69) is 0 Å². The van der Waals surface area contributed by atoms with E-state index in [1.54, 1.807) is 12.1 Å². The lowest BCUT2D eigenvalue weighted by molar-refractivity contribution is 0.0474. The van der Waals surface area contributed by atoms with Gasteiger partial charge in [-0.05, 0) is 24.3 Å². The lowest BCUT2D eigenvalue weighted by Gasteiger charge is -2.09. The van der Waals surface area contributed by atoms with Crippen molar-refractivity contribution in [1.82, 2.24) is 0 Å². The van der Waals surface area contributed by atoms with Gasteiger partial charge in [0.05, 0.1) is 21.3 Å². The van der Waals surface area contributed by atoms with E-state index in [1.165, 1.54) is 18.2 Å². The summed E-state index contributed by atoms with van der Waals surface area (Å²) in [5.74, 6) is -1.07. The summed E-state index contributed by atoms with van der Waals surface area (Å²) in [6, 6.07) is 8.52. The second-order valence-corrected chi connectivity index (χ2v) is 4.83. The van der Waals surface area contributed by atoms with E-state index in [4.69, 9.17) is 33.7 Å². The zero-order valence-corrected chi connectivity index (χ0v) is 11.7. The third-order valence-electron chi connectivity index (χ3n) is 2.65. The van der Waals surface area contributed by atoms with Gasteiger partial charge in [-0.3, -0.25) is 0 Å². The number of carbonyl (C=O) groups excluding carboxylic acids is 1. The molecule has 0 saturated heterocycles. The Morgan fingerprint density at radius 1 is 1.20 bits per heavy atom. The second-order valence-electron chi connectivity index (χ2n) is 4.01. The normalized spacial score (nSPS) is 10.3. The molecule has 2 rings (SSSR count). The molecule has 0 bridgehead atoms. The fourth-order valence-corrected chi connectivity index (χ4v) is 1.97. The standard InChI is InChI=1S/C14H10Cl2FNO2/c15-11-3-1-2-10(13(11)18)14(19)20-7-8-4-5-9(17)6-12(8)16/h1-6H,7,18H2. The average Bonchev–Trinajstić information content (AvgIpc) is 2.40. The number of hydrogen-bond acceptors (Lipinski definition) is 3. The lowest BCUT2D eigenvalue weighted by Crippen LogP contribution is -2.08. The Hall–Kier alpha value is -1.78. The first kappa shape index (κ1) is 14.6. The van der Waals surface area contributed by atoms with Crippen LogP contribution in [0.3, 0.4) is 0 Å². The molecular weight excluding hydrogens is 304 g/mol. The highest BCUT2D eigenvalue weighted by molar-refractivity contribution is 6.33. The third-order valence-corrected chi connectivity index (χ3v) is 3.33. The smallest absolute Gasteiger partial charge is 0.340 e. The molecule has 0 atom stereocenters. The maximum Gasteiger partial charge on any atom is 0.340 e. The van der Waals surface area contributed by atoms with Crippen molar-refractivity contribution < 1.29 is 13.9 Å². The average molecular weight is 314 g/mol. The molecule has 0 radical (unpaired) electrons. The molecule has 20 heavy (non-hydrogen) atoms. The minimum absolute atomic E-state index is 0.0795. The minimum atomic E-state index is -0.620. The fraction of sp³-hybridized carbons (Fsp3) is 0.0714. The summed E-state index contributed by atoms with van der Waals surface area (Å²) in [5.41, 5.74) is 6.53. The predicted octanol–water partition coefficient (Wildman–Crippen LogP) is 4.07. The number of nitrogen functional groups attached to an aromatic ring is 1. The van der Waals surface area contributed by atoms with Crippen LogP contribution in [0, 0.1) is 5.82 Å². The molecule has 0 saturated carbocycles. The van der Waals surface area contributed by atoms with Crippen LogP contribution in [0.25, 0.3) is 0 Å². The van der Waals surface area contributed by atoms with E-state index < -0.39 is 11.8 Å². The van der Waals surface area contributed by atoms with Crippen LogP contribution in [-0.4, -0.2) is 5.97 Å². The number of anilines is 1. The van der Waals surface area contributed by atoms with Crippen molar-refractivity contribution in [2.45, 2.75) is 6.61 Å². The second kappa shape index (κ2) is 6.11. The Kier molecular flexibility index (Phi) is 4.47. The number of esters is 1. The van der Waals surface area contributed by atoms with Gasteiger partial charge in [-0.25, -0.2) is 9.18 Å². The van der Waals surface area contributed by atoms with Crippen molar-refractivity contribution in [1.29, 1.82) is 0 Å². The van der Waals surface area contributed by atoms with Crippen LogP contribution in [-0.2, 0) is 11.3 Å². The largest absolute Gasteiger partial charge is 0.457 e. The zero-order chi connectivity index (χ0) is 14.7. The van der Waals surface area contributed by atoms with E-state index in [1.807, 2.05) is 0 Å².